The van der Waals surface area contributed by atoms with Gasteiger partial charge in [-0.25, -0.2) is 0 Å². The van der Waals surface area contributed by atoms with Gasteiger partial charge in [0.25, 0.3) is 0 Å². The second-order valence-corrected chi connectivity index (χ2v) is 3.80. The van der Waals surface area contributed by atoms with Gasteiger partial charge in [0.2, 0.25) is 0 Å². The molecule has 1 rings (SSSR count). The number of nitrogens with two attached hydrogens (primary N) is 1. The zero-order valence-corrected chi connectivity index (χ0v) is 9.93. The molecule has 1 aromatic heterocycles. The van der Waals surface area contributed by atoms with Crippen molar-refractivity contribution in [2.45, 2.75) is 26.1 Å². The van der Waals surface area contributed by atoms with E-state index in [1.807, 2.05) is 26.0 Å². The maximum Gasteiger partial charge on any atom is 0.0949 e. The summed E-state index contributed by atoms with van der Waals surface area (Å²) < 4.78 is 11.0. The Morgan fingerprint density at radius 2 is 1.81 bits per heavy atom. The molecule has 1 unspecified atom stereocenters. The molecule has 0 amide bonds. The van der Waals surface area contributed by atoms with Crippen molar-refractivity contribution >= 4 is 0 Å². The molecule has 0 aromatic carbocycles. The van der Waals surface area contributed by atoms with Crippen LogP contribution in [-0.2, 0) is 9.47 Å². The molecular weight excluding hydrogens is 204 g/mol. The summed E-state index contributed by atoms with van der Waals surface area (Å²) in [6.07, 6.45) is 3.65. The van der Waals surface area contributed by atoms with Gasteiger partial charge in [-0.1, -0.05) is 0 Å². The lowest BCUT2D eigenvalue weighted by molar-refractivity contribution is -0.0104. The van der Waals surface area contributed by atoms with Crippen LogP contribution in [0.2, 0.25) is 0 Å². The van der Waals surface area contributed by atoms with Crippen LogP contribution in [0.1, 0.15) is 25.5 Å². The number of nitrogens with zero attached hydrogens (tertiary/aromatic N) is 1. The van der Waals surface area contributed by atoms with Crippen LogP contribution < -0.4 is 5.73 Å². The van der Waals surface area contributed by atoms with E-state index in [0.717, 1.165) is 5.56 Å². The predicted molar refractivity (Wildman–Crippen MR) is 63.1 cm³/mol. The molecule has 0 bridgehead atoms. The molecule has 4 heteroatoms. The average Bonchev–Trinajstić information content (AvgIpc) is 2.30. The van der Waals surface area contributed by atoms with Gasteiger partial charge in [0.15, 0.2) is 0 Å². The van der Waals surface area contributed by atoms with Gasteiger partial charge in [0.1, 0.15) is 0 Å². The molecule has 90 valence electrons. The highest BCUT2D eigenvalue weighted by Crippen LogP contribution is 2.14. The van der Waals surface area contributed by atoms with Crippen LogP contribution in [0, 0.1) is 0 Å². The van der Waals surface area contributed by atoms with Crippen molar-refractivity contribution in [3.63, 3.8) is 0 Å². The Hall–Kier alpha value is -0.970. The topological polar surface area (TPSA) is 57.4 Å². The molecular formula is C12H20N2O2. The van der Waals surface area contributed by atoms with E-state index in [2.05, 4.69) is 4.98 Å². The zero-order chi connectivity index (χ0) is 11.8. The maximum atomic E-state index is 5.66. The van der Waals surface area contributed by atoms with E-state index in [4.69, 9.17) is 15.2 Å². The number of hydrogen-bond acceptors (Lipinski definition) is 4. The van der Waals surface area contributed by atoms with E-state index in [1.54, 1.807) is 12.4 Å². The van der Waals surface area contributed by atoms with Crippen LogP contribution in [0.4, 0.5) is 0 Å². The Balaban J connectivity index is 2.33. The standard InChI is InChI=1S/C12H20N2O2/c1-10(2)15-7-8-16-12(9-13)11-3-5-14-6-4-11/h3-6,10,12H,7-9,13H2,1-2H3. The third-order valence-electron chi connectivity index (χ3n) is 2.15. The van der Waals surface area contributed by atoms with Gasteiger partial charge in [-0.15, -0.1) is 0 Å². The first-order valence-electron chi connectivity index (χ1n) is 5.57. The summed E-state index contributed by atoms with van der Waals surface area (Å²) in [5.41, 5.74) is 6.72. The minimum absolute atomic E-state index is 0.0706. The van der Waals surface area contributed by atoms with Gasteiger partial charge < -0.3 is 15.2 Å². The summed E-state index contributed by atoms with van der Waals surface area (Å²) in [4.78, 5) is 3.96. The summed E-state index contributed by atoms with van der Waals surface area (Å²) in [6.45, 7) is 5.62. The predicted octanol–water partition coefficient (Wildman–Crippen LogP) is 1.52. The molecule has 2 N–H and O–H groups in total. The molecule has 0 radical (unpaired) electrons. The van der Waals surface area contributed by atoms with Crippen LogP contribution in [0.5, 0.6) is 0 Å². The van der Waals surface area contributed by atoms with Crippen molar-refractivity contribution < 1.29 is 9.47 Å². The van der Waals surface area contributed by atoms with Crippen LogP contribution in [0.3, 0.4) is 0 Å². The van der Waals surface area contributed by atoms with Crippen LogP contribution >= 0.6 is 0 Å². The van der Waals surface area contributed by atoms with Gasteiger partial charge in [-0.05, 0) is 31.5 Å². The van der Waals surface area contributed by atoms with Crippen molar-refractivity contribution in [3.8, 4) is 0 Å². The molecule has 0 spiro atoms. The van der Waals surface area contributed by atoms with E-state index >= 15 is 0 Å². The number of hydrogen-bond donors (Lipinski definition) is 1. The molecule has 0 saturated heterocycles. The first kappa shape index (κ1) is 13.1. The Labute approximate surface area is 96.8 Å². The number of aromatic nitrogens is 1. The summed E-state index contributed by atoms with van der Waals surface area (Å²) in [7, 11) is 0. The Bertz CT molecular complexity index is 278. The molecule has 0 saturated carbocycles. The van der Waals surface area contributed by atoms with Crippen LogP contribution in [0.15, 0.2) is 24.5 Å². The van der Waals surface area contributed by atoms with Gasteiger partial charge >= 0.3 is 0 Å². The van der Waals surface area contributed by atoms with Crippen molar-refractivity contribution in [2.24, 2.45) is 5.73 Å². The van der Waals surface area contributed by atoms with Crippen molar-refractivity contribution in [1.29, 1.82) is 0 Å². The zero-order valence-electron chi connectivity index (χ0n) is 9.93. The highest BCUT2D eigenvalue weighted by Gasteiger charge is 2.09. The van der Waals surface area contributed by atoms with Gasteiger partial charge in [0, 0.05) is 18.9 Å². The first-order chi connectivity index (χ1) is 7.74. The van der Waals surface area contributed by atoms with E-state index in [0.29, 0.717) is 19.8 Å². The van der Waals surface area contributed by atoms with Crippen molar-refractivity contribution in [2.75, 3.05) is 19.8 Å². The Kier molecular flexibility index (Phi) is 6.00. The van der Waals surface area contributed by atoms with E-state index in [1.165, 1.54) is 0 Å². The second-order valence-electron chi connectivity index (χ2n) is 3.80. The highest BCUT2D eigenvalue weighted by molar-refractivity contribution is 5.13. The lowest BCUT2D eigenvalue weighted by Gasteiger charge is -2.16. The largest absolute Gasteiger partial charge is 0.376 e. The minimum atomic E-state index is -0.0706. The smallest absolute Gasteiger partial charge is 0.0949 e. The summed E-state index contributed by atoms with van der Waals surface area (Å²) in [6, 6.07) is 3.83. The average molecular weight is 224 g/mol. The van der Waals surface area contributed by atoms with E-state index < -0.39 is 0 Å². The van der Waals surface area contributed by atoms with E-state index in [-0.39, 0.29) is 12.2 Å². The fourth-order valence-corrected chi connectivity index (χ4v) is 1.35. The summed E-state index contributed by atoms with van der Waals surface area (Å²) in [5, 5.41) is 0. The third kappa shape index (κ3) is 4.70. The lowest BCUT2D eigenvalue weighted by atomic mass is 10.1. The molecule has 16 heavy (non-hydrogen) atoms. The maximum absolute atomic E-state index is 5.66. The fourth-order valence-electron chi connectivity index (χ4n) is 1.35. The molecule has 4 nitrogen and oxygen atoms in total. The molecule has 0 aliphatic rings. The Morgan fingerprint density at radius 3 is 2.38 bits per heavy atom. The number of rotatable bonds is 7. The number of ether oxygens (including phenoxy) is 2. The number of pyridine rings is 1. The third-order valence-corrected chi connectivity index (χ3v) is 2.15. The molecule has 1 heterocycles. The molecule has 1 atom stereocenters. The van der Waals surface area contributed by atoms with E-state index in [9.17, 15) is 0 Å². The Morgan fingerprint density at radius 1 is 1.19 bits per heavy atom. The van der Waals surface area contributed by atoms with Crippen molar-refractivity contribution in [1.82, 2.24) is 4.98 Å². The minimum Gasteiger partial charge on any atom is -0.376 e. The molecule has 0 aliphatic carbocycles. The van der Waals surface area contributed by atoms with Gasteiger partial charge in [-0.2, -0.15) is 0 Å². The van der Waals surface area contributed by atoms with Gasteiger partial charge in [0.05, 0.1) is 25.4 Å². The van der Waals surface area contributed by atoms with Crippen LogP contribution in [0.25, 0.3) is 0 Å². The molecule has 0 aliphatic heterocycles. The molecule has 0 fully saturated rings. The fraction of sp³-hybridized carbons (Fsp3) is 0.583. The second kappa shape index (κ2) is 7.33. The first-order valence-corrected chi connectivity index (χ1v) is 5.57. The lowest BCUT2D eigenvalue weighted by Crippen LogP contribution is -2.19. The molecule has 1 aromatic rings. The van der Waals surface area contributed by atoms with Crippen LogP contribution in [-0.4, -0.2) is 30.8 Å². The summed E-state index contributed by atoms with van der Waals surface area (Å²) in [5.74, 6) is 0. The highest BCUT2D eigenvalue weighted by atomic mass is 16.5. The quantitative estimate of drug-likeness (QED) is 0.713. The van der Waals surface area contributed by atoms with Crippen molar-refractivity contribution in [3.05, 3.63) is 30.1 Å². The van der Waals surface area contributed by atoms with Gasteiger partial charge in [-0.3, -0.25) is 4.98 Å². The summed E-state index contributed by atoms with van der Waals surface area (Å²) >= 11 is 0. The SMILES string of the molecule is CC(C)OCCOC(CN)c1ccncc1. The normalized spacial score (nSPS) is 13.0. The monoisotopic (exact) mass is 224 g/mol.